The zero-order valence-corrected chi connectivity index (χ0v) is 28.3. The van der Waals surface area contributed by atoms with Gasteiger partial charge in [0.05, 0.1) is 38.9 Å². The molecule has 270 valence electrons. The topological polar surface area (TPSA) is 196 Å². The lowest BCUT2D eigenvalue weighted by molar-refractivity contribution is -0.268. The molecule has 5 rings (SSSR count). The number of hydrogen-bond acceptors (Lipinski definition) is 7. The smallest absolute Gasteiger partial charge is 0.309 e. The molecule has 5 aromatic rings. The molecule has 1 atom stereocenters. The van der Waals surface area contributed by atoms with Gasteiger partial charge in [-0.15, -0.1) is 5.75 Å². The van der Waals surface area contributed by atoms with Gasteiger partial charge in [0.1, 0.15) is 22.9 Å². The minimum absolute atomic E-state index is 0.0335. The molecule has 6 N–H and O–H groups in total. The summed E-state index contributed by atoms with van der Waals surface area (Å²) in [7, 11) is 0. The molecule has 0 aliphatic rings. The molecule has 0 aliphatic heterocycles. The number of aromatic hydroxyl groups is 3. The standard InChI is InChI=1S/C26H22O4.C15H19NO6/c27-21-9-1-17(2-10-21)25(18-3-11-22(28)12-4-18)26(19-5-13-23(29)14-6-19)20-7-15-24(30)16-8-20;17-13(18)6-9-16(10-7-14(19)20,11-8-15(21)22)12-4-2-1-3-5-12/h1-16,25-30H;1-5H,6-11H2,(H2-,17,18,19,20,21,22). The highest BCUT2D eigenvalue weighted by atomic mass is 16.4. The highest BCUT2D eigenvalue weighted by molar-refractivity contribution is 5.70. The number of nitrogens with zero attached hydrogens (tertiary/aromatic N) is 1. The Labute approximate surface area is 301 Å². The molecule has 0 fully saturated rings. The lowest BCUT2D eigenvalue weighted by atomic mass is 9.73. The van der Waals surface area contributed by atoms with E-state index in [9.17, 15) is 34.8 Å². The zero-order chi connectivity index (χ0) is 37.7. The maximum absolute atomic E-state index is 11.7. The van der Waals surface area contributed by atoms with Crippen molar-refractivity contribution in [1.29, 1.82) is 0 Å². The molecule has 0 bridgehead atoms. The second-order valence-electron chi connectivity index (χ2n) is 12.4. The Bertz CT molecular complexity index is 1660. The fraction of sp³-hybridized carbons (Fsp3) is 0.195. The van der Waals surface area contributed by atoms with Crippen LogP contribution < -0.4 is 9.59 Å². The third-order valence-corrected chi connectivity index (χ3v) is 8.89. The first-order valence-electron chi connectivity index (χ1n) is 16.6. The summed E-state index contributed by atoms with van der Waals surface area (Å²) in [4.78, 5) is 32.7. The summed E-state index contributed by atoms with van der Waals surface area (Å²) in [6.45, 7) is 0.458. The predicted octanol–water partition coefficient (Wildman–Crippen LogP) is 6.26. The highest BCUT2D eigenvalue weighted by Crippen LogP contribution is 2.44. The van der Waals surface area contributed by atoms with Gasteiger partial charge in [-0.3, -0.25) is 18.9 Å². The van der Waals surface area contributed by atoms with E-state index in [0.717, 1.165) is 27.9 Å². The maximum Gasteiger partial charge on any atom is 0.309 e. The molecule has 0 radical (unpaired) electrons. The van der Waals surface area contributed by atoms with Crippen LogP contribution >= 0.6 is 0 Å². The molecule has 52 heavy (non-hydrogen) atoms. The summed E-state index contributed by atoms with van der Waals surface area (Å²) < 4.78 is 0.0335. The van der Waals surface area contributed by atoms with E-state index in [2.05, 4.69) is 0 Å². The van der Waals surface area contributed by atoms with E-state index in [-0.39, 0.29) is 78.2 Å². The number of carbonyl (C=O) groups is 3. The van der Waals surface area contributed by atoms with Crippen molar-refractivity contribution in [2.45, 2.75) is 31.1 Å². The van der Waals surface area contributed by atoms with Crippen LogP contribution in [0.4, 0.5) is 5.69 Å². The molecule has 0 aromatic heterocycles. The molecule has 0 aliphatic carbocycles. The van der Waals surface area contributed by atoms with Crippen molar-refractivity contribution < 1.29 is 50.1 Å². The first-order valence-corrected chi connectivity index (χ1v) is 16.6. The van der Waals surface area contributed by atoms with Crippen molar-refractivity contribution in [3.8, 4) is 23.0 Å². The van der Waals surface area contributed by atoms with E-state index in [4.69, 9.17) is 15.3 Å². The molecule has 11 heteroatoms. The minimum atomic E-state index is -0.996. The Morgan fingerprint density at radius 2 is 0.750 bits per heavy atom. The number of phenolic OH excluding ortho intramolecular Hbond substituents is 3. The van der Waals surface area contributed by atoms with Crippen molar-refractivity contribution in [3.63, 3.8) is 0 Å². The number of para-hydroxylation sites is 1. The van der Waals surface area contributed by atoms with Crippen LogP contribution in [0.3, 0.4) is 0 Å². The number of benzene rings is 5. The van der Waals surface area contributed by atoms with E-state index < -0.39 is 17.9 Å². The summed E-state index contributed by atoms with van der Waals surface area (Å²) in [5.74, 6) is -2.83. The second kappa shape index (κ2) is 18.1. The van der Waals surface area contributed by atoms with Gasteiger partial charge in [0.25, 0.3) is 0 Å². The number of hydrogen-bond donors (Lipinski definition) is 6. The van der Waals surface area contributed by atoms with Gasteiger partial charge < -0.3 is 35.7 Å². The summed E-state index contributed by atoms with van der Waals surface area (Å²) >= 11 is 0. The van der Waals surface area contributed by atoms with Crippen LogP contribution in [0.1, 0.15) is 53.4 Å². The van der Waals surface area contributed by atoms with Crippen LogP contribution in [0.15, 0.2) is 127 Å². The predicted molar refractivity (Wildman–Crippen MR) is 193 cm³/mol. The molecule has 11 nitrogen and oxygen atoms in total. The largest absolute Gasteiger partial charge is 0.872 e. The molecule has 0 amide bonds. The van der Waals surface area contributed by atoms with Crippen LogP contribution in [-0.2, 0) is 14.4 Å². The number of quaternary nitrogens is 1. The monoisotopic (exact) mass is 707 g/mol. The fourth-order valence-corrected chi connectivity index (χ4v) is 6.27. The highest BCUT2D eigenvalue weighted by Gasteiger charge is 2.32. The average molecular weight is 708 g/mol. The lowest BCUT2D eigenvalue weighted by Crippen LogP contribution is -2.53. The summed E-state index contributed by atoms with van der Waals surface area (Å²) in [6, 6.07) is 36.8. The van der Waals surface area contributed by atoms with E-state index >= 15 is 0 Å². The zero-order valence-electron chi connectivity index (χ0n) is 28.3. The van der Waals surface area contributed by atoms with Gasteiger partial charge in [-0.1, -0.05) is 78.9 Å². The SMILES string of the molecule is O=C(O)CC[N+](CCC(=O)O)(CCC(=O)O)c1ccccc1.[O-]c1ccc(C(c2ccc(O)cc2)C(c2ccc(O)cc2)c2ccc(O)cc2)cc1. The van der Waals surface area contributed by atoms with Crippen molar-refractivity contribution in [2.24, 2.45) is 0 Å². The first-order chi connectivity index (χ1) is 24.9. The molecule has 1 unspecified atom stereocenters. The van der Waals surface area contributed by atoms with Crippen LogP contribution in [-0.4, -0.2) is 68.2 Å². The minimum Gasteiger partial charge on any atom is -0.872 e. The number of carboxylic acids is 3. The second-order valence-corrected chi connectivity index (χ2v) is 12.4. The number of phenols is 3. The average Bonchev–Trinajstić information content (AvgIpc) is 3.13. The molecule has 0 spiro atoms. The lowest BCUT2D eigenvalue weighted by Gasteiger charge is -2.37. The van der Waals surface area contributed by atoms with Crippen LogP contribution in [0.5, 0.6) is 23.0 Å². The van der Waals surface area contributed by atoms with Gasteiger partial charge in [-0.05, 0) is 70.8 Å². The van der Waals surface area contributed by atoms with Crippen molar-refractivity contribution >= 4 is 23.6 Å². The van der Waals surface area contributed by atoms with E-state index in [1.807, 2.05) is 48.5 Å². The van der Waals surface area contributed by atoms with E-state index in [0.29, 0.717) is 0 Å². The van der Waals surface area contributed by atoms with Crippen LogP contribution in [0, 0.1) is 0 Å². The Morgan fingerprint density at radius 1 is 0.462 bits per heavy atom. The van der Waals surface area contributed by atoms with Crippen molar-refractivity contribution in [3.05, 3.63) is 150 Å². The van der Waals surface area contributed by atoms with Gasteiger partial charge in [0, 0.05) is 11.8 Å². The molecule has 0 heterocycles. The summed E-state index contributed by atoms with van der Waals surface area (Å²) in [5.41, 5.74) is 4.60. The Morgan fingerprint density at radius 3 is 1.04 bits per heavy atom. The Hall–Kier alpha value is -6.33. The molecule has 0 saturated heterocycles. The van der Waals surface area contributed by atoms with Crippen LogP contribution in [0.2, 0.25) is 0 Å². The van der Waals surface area contributed by atoms with Gasteiger partial charge in [-0.25, -0.2) is 0 Å². The van der Waals surface area contributed by atoms with Gasteiger partial charge in [0.2, 0.25) is 0 Å². The normalized spacial score (nSPS) is 11.6. The molecular weight excluding hydrogens is 666 g/mol. The maximum atomic E-state index is 11.7. The first kappa shape index (κ1) is 38.5. The van der Waals surface area contributed by atoms with Gasteiger partial charge >= 0.3 is 17.9 Å². The number of carboxylic acid groups (broad SMARTS) is 3. The third kappa shape index (κ3) is 10.8. The Kier molecular flexibility index (Phi) is 13.4. The van der Waals surface area contributed by atoms with Gasteiger partial charge in [0.15, 0.2) is 0 Å². The molecule has 5 aromatic carbocycles. The number of aliphatic carboxylic acids is 3. The molecule has 0 saturated carbocycles. The van der Waals surface area contributed by atoms with E-state index in [1.54, 1.807) is 78.9 Å². The van der Waals surface area contributed by atoms with E-state index in [1.165, 1.54) is 0 Å². The number of rotatable bonds is 15. The van der Waals surface area contributed by atoms with Gasteiger partial charge in [-0.2, -0.15) is 0 Å². The summed E-state index contributed by atoms with van der Waals surface area (Å²) in [5, 5.41) is 67.9. The van der Waals surface area contributed by atoms with Crippen LogP contribution in [0.25, 0.3) is 0 Å². The quantitative estimate of drug-likeness (QED) is 0.0676. The summed E-state index contributed by atoms with van der Waals surface area (Å²) in [6.07, 6.45) is -0.476. The van der Waals surface area contributed by atoms with Crippen molar-refractivity contribution in [1.82, 2.24) is 4.48 Å². The molecular formula is C41H41NO10. The van der Waals surface area contributed by atoms with Crippen molar-refractivity contribution in [2.75, 3.05) is 19.6 Å². The Balaban J connectivity index is 0.000000246. The fourth-order valence-electron chi connectivity index (χ4n) is 6.27. The third-order valence-electron chi connectivity index (χ3n) is 8.89.